The van der Waals surface area contributed by atoms with Crippen LogP contribution in [-0.4, -0.2) is 40.9 Å². The molecule has 118 valence electrons. The van der Waals surface area contributed by atoms with Crippen LogP contribution in [0.25, 0.3) is 0 Å². The molecule has 1 aliphatic rings. The Labute approximate surface area is 138 Å². The molecule has 1 aliphatic heterocycles. The van der Waals surface area contributed by atoms with Gasteiger partial charge in [0.25, 0.3) is 0 Å². The van der Waals surface area contributed by atoms with E-state index in [1.165, 1.54) is 0 Å². The third-order valence-electron chi connectivity index (χ3n) is 3.76. The van der Waals surface area contributed by atoms with Crippen molar-refractivity contribution in [3.8, 4) is 0 Å². The van der Waals surface area contributed by atoms with Crippen LogP contribution in [-0.2, 0) is 11.2 Å². The number of hydrogen-bond donors (Lipinski definition) is 1. The van der Waals surface area contributed by atoms with Crippen molar-refractivity contribution in [2.75, 3.05) is 18.8 Å². The summed E-state index contributed by atoms with van der Waals surface area (Å²) in [6.45, 7) is 6.10. The fourth-order valence-electron chi connectivity index (χ4n) is 2.47. The number of hydrogen-bond acceptors (Lipinski definition) is 3. The molecular formula is C16H25ClN2OS. The third kappa shape index (κ3) is 5.20. The first-order chi connectivity index (χ1) is 9.58. The van der Waals surface area contributed by atoms with Crippen molar-refractivity contribution in [2.24, 2.45) is 11.7 Å². The standard InChI is InChI=1S/C16H24N2OS.ClH/c1-12(2)15-11-18(8-9-20-15)16(19)14(17)10-13-6-4-3-5-7-13;/h3-7,12,14-15H,8-11,17H2,1-2H3;1H. The van der Waals surface area contributed by atoms with Crippen LogP contribution in [0.3, 0.4) is 0 Å². The van der Waals surface area contributed by atoms with E-state index in [0.29, 0.717) is 17.6 Å². The average Bonchev–Trinajstić information content (AvgIpc) is 2.47. The maximum absolute atomic E-state index is 12.5. The van der Waals surface area contributed by atoms with Gasteiger partial charge in [0.15, 0.2) is 0 Å². The number of rotatable bonds is 4. The summed E-state index contributed by atoms with van der Waals surface area (Å²) in [6.07, 6.45) is 0.621. The molecule has 0 aromatic heterocycles. The maximum Gasteiger partial charge on any atom is 0.239 e. The summed E-state index contributed by atoms with van der Waals surface area (Å²) in [4.78, 5) is 14.4. The fourth-order valence-corrected chi connectivity index (χ4v) is 3.77. The van der Waals surface area contributed by atoms with Crippen molar-refractivity contribution in [1.82, 2.24) is 4.90 Å². The second-order valence-electron chi connectivity index (χ2n) is 5.73. The number of amides is 1. The molecule has 0 radical (unpaired) electrons. The minimum atomic E-state index is -0.423. The number of carbonyl (C=O) groups is 1. The number of nitrogens with two attached hydrogens (primary N) is 1. The normalized spacial score (nSPS) is 20.0. The second kappa shape index (κ2) is 8.66. The molecule has 0 bridgehead atoms. The van der Waals surface area contributed by atoms with Crippen LogP contribution in [0.5, 0.6) is 0 Å². The number of thioether (sulfide) groups is 1. The summed E-state index contributed by atoms with van der Waals surface area (Å²) in [5, 5.41) is 0.539. The molecule has 2 atom stereocenters. The van der Waals surface area contributed by atoms with Gasteiger partial charge in [0.1, 0.15) is 0 Å². The van der Waals surface area contributed by atoms with Crippen LogP contribution in [0.4, 0.5) is 0 Å². The summed E-state index contributed by atoms with van der Waals surface area (Å²) in [6, 6.07) is 9.57. The van der Waals surface area contributed by atoms with Gasteiger partial charge in [-0.3, -0.25) is 4.79 Å². The highest BCUT2D eigenvalue weighted by atomic mass is 35.5. The van der Waals surface area contributed by atoms with Crippen molar-refractivity contribution in [3.05, 3.63) is 35.9 Å². The average molecular weight is 329 g/mol. The Kier molecular flexibility index (Phi) is 7.57. The predicted octanol–water partition coefficient (Wildman–Crippen LogP) is 2.58. The molecule has 1 heterocycles. The second-order valence-corrected chi connectivity index (χ2v) is 7.08. The fraction of sp³-hybridized carbons (Fsp3) is 0.562. The van der Waals surface area contributed by atoms with E-state index in [-0.39, 0.29) is 18.3 Å². The topological polar surface area (TPSA) is 46.3 Å². The smallest absolute Gasteiger partial charge is 0.239 e. The Morgan fingerprint density at radius 1 is 1.38 bits per heavy atom. The van der Waals surface area contributed by atoms with E-state index in [1.807, 2.05) is 47.0 Å². The Morgan fingerprint density at radius 2 is 2.05 bits per heavy atom. The van der Waals surface area contributed by atoms with Gasteiger partial charge < -0.3 is 10.6 Å². The molecule has 2 rings (SSSR count). The Hall–Kier alpha value is -0.710. The van der Waals surface area contributed by atoms with Crippen LogP contribution in [0.15, 0.2) is 30.3 Å². The van der Waals surface area contributed by atoms with Crippen LogP contribution in [0.1, 0.15) is 19.4 Å². The molecule has 0 spiro atoms. The zero-order valence-electron chi connectivity index (χ0n) is 12.7. The first kappa shape index (κ1) is 18.3. The molecule has 2 N–H and O–H groups in total. The summed E-state index contributed by atoms with van der Waals surface area (Å²) in [5.41, 5.74) is 7.23. The molecule has 1 fully saturated rings. The van der Waals surface area contributed by atoms with E-state index < -0.39 is 6.04 Å². The minimum absolute atomic E-state index is 0. The van der Waals surface area contributed by atoms with Gasteiger partial charge in [-0.25, -0.2) is 0 Å². The van der Waals surface area contributed by atoms with Gasteiger partial charge in [-0.2, -0.15) is 11.8 Å². The number of carbonyl (C=O) groups excluding carboxylic acids is 1. The van der Waals surface area contributed by atoms with Crippen LogP contribution < -0.4 is 5.73 Å². The van der Waals surface area contributed by atoms with E-state index in [2.05, 4.69) is 13.8 Å². The molecule has 0 saturated carbocycles. The minimum Gasteiger partial charge on any atom is -0.339 e. The molecule has 1 saturated heterocycles. The van der Waals surface area contributed by atoms with E-state index in [1.54, 1.807) is 0 Å². The first-order valence-electron chi connectivity index (χ1n) is 7.28. The third-order valence-corrected chi connectivity index (χ3v) is 5.30. The predicted molar refractivity (Wildman–Crippen MR) is 93.0 cm³/mol. The summed E-state index contributed by atoms with van der Waals surface area (Å²) >= 11 is 1.97. The van der Waals surface area contributed by atoms with Gasteiger partial charge >= 0.3 is 0 Å². The van der Waals surface area contributed by atoms with Crippen LogP contribution in [0.2, 0.25) is 0 Å². The summed E-state index contributed by atoms with van der Waals surface area (Å²) in [7, 11) is 0. The van der Waals surface area contributed by atoms with E-state index in [0.717, 1.165) is 24.4 Å². The van der Waals surface area contributed by atoms with E-state index >= 15 is 0 Å². The monoisotopic (exact) mass is 328 g/mol. The van der Waals surface area contributed by atoms with E-state index in [4.69, 9.17) is 5.73 Å². The van der Waals surface area contributed by atoms with Crippen molar-refractivity contribution in [3.63, 3.8) is 0 Å². The molecule has 1 aromatic carbocycles. The quantitative estimate of drug-likeness (QED) is 0.924. The number of nitrogens with zero attached hydrogens (tertiary/aromatic N) is 1. The van der Waals surface area contributed by atoms with Gasteiger partial charge in [0.2, 0.25) is 5.91 Å². The van der Waals surface area contributed by atoms with Gasteiger partial charge in [-0.05, 0) is 17.9 Å². The highest BCUT2D eigenvalue weighted by Gasteiger charge is 2.28. The lowest BCUT2D eigenvalue weighted by molar-refractivity contribution is -0.132. The zero-order chi connectivity index (χ0) is 14.5. The van der Waals surface area contributed by atoms with Gasteiger partial charge in [-0.1, -0.05) is 44.2 Å². The lowest BCUT2D eigenvalue weighted by atomic mass is 10.0. The molecule has 2 unspecified atom stereocenters. The highest BCUT2D eigenvalue weighted by Crippen LogP contribution is 2.25. The van der Waals surface area contributed by atoms with Crippen LogP contribution >= 0.6 is 24.2 Å². The van der Waals surface area contributed by atoms with Crippen molar-refractivity contribution in [1.29, 1.82) is 0 Å². The number of benzene rings is 1. The van der Waals surface area contributed by atoms with Crippen molar-refractivity contribution >= 4 is 30.1 Å². The summed E-state index contributed by atoms with van der Waals surface area (Å²) < 4.78 is 0. The zero-order valence-corrected chi connectivity index (χ0v) is 14.3. The lowest BCUT2D eigenvalue weighted by Gasteiger charge is -2.35. The SMILES string of the molecule is CC(C)C1CN(C(=O)C(N)Cc2ccccc2)CCS1.Cl. The maximum atomic E-state index is 12.5. The largest absolute Gasteiger partial charge is 0.339 e. The Morgan fingerprint density at radius 3 is 2.67 bits per heavy atom. The lowest BCUT2D eigenvalue weighted by Crippen LogP contribution is -2.50. The highest BCUT2D eigenvalue weighted by molar-refractivity contribution is 8.00. The Balaban J connectivity index is 0.00000220. The molecule has 3 nitrogen and oxygen atoms in total. The molecular weight excluding hydrogens is 304 g/mol. The van der Waals surface area contributed by atoms with Crippen LogP contribution in [0, 0.1) is 5.92 Å². The molecule has 5 heteroatoms. The summed E-state index contributed by atoms with van der Waals surface area (Å²) in [5.74, 6) is 1.72. The van der Waals surface area contributed by atoms with Crippen molar-refractivity contribution < 1.29 is 4.79 Å². The first-order valence-corrected chi connectivity index (χ1v) is 8.32. The number of halogens is 1. The Bertz CT molecular complexity index is 441. The van der Waals surface area contributed by atoms with Gasteiger partial charge in [0.05, 0.1) is 6.04 Å². The molecule has 1 aromatic rings. The molecule has 1 amide bonds. The van der Waals surface area contributed by atoms with Gasteiger partial charge in [-0.15, -0.1) is 12.4 Å². The van der Waals surface area contributed by atoms with Gasteiger partial charge in [0, 0.05) is 24.1 Å². The van der Waals surface area contributed by atoms with Crippen molar-refractivity contribution in [2.45, 2.75) is 31.6 Å². The van der Waals surface area contributed by atoms with E-state index in [9.17, 15) is 4.79 Å². The molecule has 21 heavy (non-hydrogen) atoms. The molecule has 0 aliphatic carbocycles.